The van der Waals surface area contributed by atoms with E-state index in [0.29, 0.717) is 17.9 Å². The Morgan fingerprint density at radius 1 is 1.03 bits per heavy atom. The number of pyridine rings is 1. The molecule has 1 heterocycles. The molecule has 3 aromatic rings. The van der Waals surface area contributed by atoms with E-state index in [-0.39, 0.29) is 0 Å². The van der Waals surface area contributed by atoms with Crippen LogP contribution in [0.1, 0.15) is 24.2 Å². The van der Waals surface area contributed by atoms with Crippen molar-refractivity contribution in [3.8, 4) is 16.9 Å². The molecular weight excluding hydrogens is 366 g/mol. The fourth-order valence-electron chi connectivity index (χ4n) is 2.92. The number of aromatic nitrogens is 1. The minimum atomic E-state index is -1.54. The number of hydrogen-bond acceptors (Lipinski definition) is 5. The van der Waals surface area contributed by atoms with E-state index >= 15 is 0 Å². The van der Waals surface area contributed by atoms with Gasteiger partial charge in [-0.1, -0.05) is 36.4 Å². The van der Waals surface area contributed by atoms with Crippen molar-refractivity contribution in [1.29, 1.82) is 0 Å². The van der Waals surface area contributed by atoms with Crippen LogP contribution in [0.5, 0.6) is 5.75 Å². The molecule has 0 fully saturated rings. The van der Waals surface area contributed by atoms with Gasteiger partial charge in [0.2, 0.25) is 5.91 Å². The predicted octanol–water partition coefficient (Wildman–Crippen LogP) is 2.61. The Labute approximate surface area is 170 Å². The fraction of sp³-hybridized carbons (Fsp3) is 0.217. The summed E-state index contributed by atoms with van der Waals surface area (Å²) in [5.41, 5.74) is 13.5. The first-order valence-electron chi connectivity index (χ1n) is 9.37. The molecule has 2 unspecified atom stereocenters. The van der Waals surface area contributed by atoms with Crippen molar-refractivity contribution in [1.82, 2.24) is 4.98 Å². The lowest BCUT2D eigenvalue weighted by Gasteiger charge is -2.27. The molecule has 29 heavy (non-hydrogen) atoms. The number of benzene rings is 2. The minimum absolute atomic E-state index is 0.507. The molecule has 0 spiro atoms. The zero-order chi connectivity index (χ0) is 20.9. The monoisotopic (exact) mass is 391 g/mol. The highest BCUT2D eigenvalue weighted by molar-refractivity contribution is 5.84. The van der Waals surface area contributed by atoms with Gasteiger partial charge in [0, 0.05) is 18.8 Å². The van der Waals surface area contributed by atoms with Crippen molar-refractivity contribution in [2.75, 3.05) is 6.61 Å². The number of ether oxygens (including phenoxy) is 1. The lowest BCUT2D eigenvalue weighted by molar-refractivity contribution is -0.126. The van der Waals surface area contributed by atoms with Crippen molar-refractivity contribution in [2.24, 2.45) is 11.5 Å². The van der Waals surface area contributed by atoms with Crippen molar-refractivity contribution in [3.05, 3.63) is 84.2 Å². The molecule has 0 saturated heterocycles. The Hall–Kier alpha value is -3.22. The van der Waals surface area contributed by atoms with Crippen LogP contribution in [-0.4, -0.2) is 28.1 Å². The van der Waals surface area contributed by atoms with Gasteiger partial charge in [-0.15, -0.1) is 0 Å². The van der Waals surface area contributed by atoms with Crippen molar-refractivity contribution >= 4 is 5.91 Å². The predicted molar refractivity (Wildman–Crippen MR) is 112 cm³/mol. The third kappa shape index (κ3) is 4.99. The molecule has 5 N–H and O–H groups in total. The summed E-state index contributed by atoms with van der Waals surface area (Å²) in [4.78, 5) is 15.4. The molecule has 0 aliphatic carbocycles. The summed E-state index contributed by atoms with van der Waals surface area (Å²) in [5.74, 6) is -0.0903. The number of carbonyl (C=O) groups is 1. The van der Waals surface area contributed by atoms with Gasteiger partial charge in [-0.25, -0.2) is 0 Å². The number of hydrogen-bond donors (Lipinski definition) is 3. The Morgan fingerprint density at radius 2 is 1.62 bits per heavy atom. The van der Waals surface area contributed by atoms with E-state index in [1.165, 1.54) is 12.5 Å². The highest BCUT2D eigenvalue weighted by Crippen LogP contribution is 2.25. The summed E-state index contributed by atoms with van der Waals surface area (Å²) in [6, 6.07) is 19.1. The molecule has 0 saturated carbocycles. The first-order chi connectivity index (χ1) is 13.9. The van der Waals surface area contributed by atoms with Crippen LogP contribution < -0.4 is 16.2 Å². The first-order valence-corrected chi connectivity index (χ1v) is 9.37. The van der Waals surface area contributed by atoms with Gasteiger partial charge >= 0.3 is 0 Å². The number of nitrogens with two attached hydrogens (primary N) is 2. The molecule has 6 heteroatoms. The van der Waals surface area contributed by atoms with E-state index in [9.17, 15) is 9.90 Å². The Balaban J connectivity index is 1.54. The maximum Gasteiger partial charge on any atom is 0.240 e. The maximum absolute atomic E-state index is 11.4. The van der Waals surface area contributed by atoms with Gasteiger partial charge in [0.25, 0.3) is 0 Å². The van der Waals surface area contributed by atoms with Crippen LogP contribution in [0.25, 0.3) is 11.1 Å². The van der Waals surface area contributed by atoms with Gasteiger partial charge in [0.15, 0.2) is 0 Å². The Bertz CT molecular complexity index is 939. The standard InChI is InChI=1S/C23H25N3O3/c1-23(25,22(24)28)21(27)19-6-8-20(9-7-19)29-15-12-16-2-4-17(5-3-16)18-10-13-26-14-11-18/h2-11,13-14,21,27H,12,15,25H2,1H3,(H2,24,28). The number of rotatable bonds is 8. The summed E-state index contributed by atoms with van der Waals surface area (Å²) >= 11 is 0. The number of aliphatic hydroxyl groups excluding tert-OH is 1. The molecule has 6 nitrogen and oxygen atoms in total. The van der Waals surface area contributed by atoms with E-state index in [0.717, 1.165) is 17.5 Å². The number of aliphatic hydroxyl groups is 1. The van der Waals surface area contributed by atoms with Gasteiger partial charge in [0.1, 0.15) is 17.4 Å². The molecule has 0 bridgehead atoms. The third-order valence-corrected chi connectivity index (χ3v) is 4.92. The summed E-state index contributed by atoms with van der Waals surface area (Å²) in [6.07, 6.45) is 3.14. The maximum atomic E-state index is 11.4. The quantitative estimate of drug-likeness (QED) is 0.546. The lowest BCUT2D eigenvalue weighted by atomic mass is 9.90. The summed E-state index contributed by atoms with van der Waals surface area (Å²) in [7, 11) is 0. The highest BCUT2D eigenvalue weighted by Gasteiger charge is 2.35. The number of carbonyl (C=O) groups excluding carboxylic acids is 1. The number of nitrogens with zero attached hydrogens (tertiary/aromatic N) is 1. The van der Waals surface area contributed by atoms with Crippen molar-refractivity contribution < 1.29 is 14.6 Å². The Kier molecular flexibility index (Phi) is 6.26. The highest BCUT2D eigenvalue weighted by atomic mass is 16.5. The molecule has 0 radical (unpaired) electrons. The van der Waals surface area contributed by atoms with Gasteiger partial charge in [-0.3, -0.25) is 9.78 Å². The second-order valence-corrected chi connectivity index (χ2v) is 7.15. The average Bonchev–Trinajstić information content (AvgIpc) is 2.75. The largest absolute Gasteiger partial charge is 0.493 e. The number of primary amides is 1. The van der Waals surface area contributed by atoms with Crippen LogP contribution in [0.15, 0.2) is 73.1 Å². The van der Waals surface area contributed by atoms with Crippen molar-refractivity contribution in [2.45, 2.75) is 25.0 Å². The summed E-state index contributed by atoms with van der Waals surface area (Å²) < 4.78 is 5.78. The number of amides is 1. The zero-order valence-electron chi connectivity index (χ0n) is 16.3. The molecule has 1 amide bonds. The minimum Gasteiger partial charge on any atom is -0.493 e. The topological polar surface area (TPSA) is 111 Å². The van der Waals surface area contributed by atoms with E-state index in [1.54, 1.807) is 36.7 Å². The molecule has 2 atom stereocenters. The van der Waals surface area contributed by atoms with Gasteiger partial charge in [-0.05, 0) is 53.4 Å². The second-order valence-electron chi connectivity index (χ2n) is 7.15. The van der Waals surface area contributed by atoms with Crippen molar-refractivity contribution in [3.63, 3.8) is 0 Å². The van der Waals surface area contributed by atoms with Gasteiger partial charge in [-0.2, -0.15) is 0 Å². The van der Waals surface area contributed by atoms with Crippen LogP contribution in [0.2, 0.25) is 0 Å². The van der Waals surface area contributed by atoms with Gasteiger partial charge < -0.3 is 21.3 Å². The molecule has 1 aromatic heterocycles. The van der Waals surface area contributed by atoms with Crippen LogP contribution in [-0.2, 0) is 11.2 Å². The molecule has 0 aliphatic heterocycles. The molecule has 3 rings (SSSR count). The molecule has 2 aromatic carbocycles. The molecule has 150 valence electrons. The van der Waals surface area contributed by atoms with Crippen LogP contribution in [0, 0.1) is 0 Å². The summed E-state index contributed by atoms with van der Waals surface area (Å²) in [6.45, 7) is 1.93. The van der Waals surface area contributed by atoms with E-state index in [1.807, 2.05) is 12.1 Å². The lowest BCUT2D eigenvalue weighted by Crippen LogP contribution is -2.53. The zero-order valence-corrected chi connectivity index (χ0v) is 16.3. The Morgan fingerprint density at radius 3 is 2.21 bits per heavy atom. The first kappa shape index (κ1) is 20.5. The third-order valence-electron chi connectivity index (χ3n) is 4.92. The second kappa shape index (κ2) is 8.86. The van der Waals surface area contributed by atoms with Gasteiger partial charge in [0.05, 0.1) is 6.61 Å². The SMILES string of the molecule is CC(N)(C(N)=O)C(O)c1ccc(OCCc2ccc(-c3ccncc3)cc2)cc1. The van der Waals surface area contributed by atoms with Crippen LogP contribution >= 0.6 is 0 Å². The van der Waals surface area contributed by atoms with E-state index < -0.39 is 17.6 Å². The normalized spacial score (nSPS) is 14.0. The van der Waals surface area contributed by atoms with E-state index in [4.69, 9.17) is 16.2 Å². The van der Waals surface area contributed by atoms with E-state index in [2.05, 4.69) is 29.2 Å². The molecule has 0 aliphatic rings. The smallest absolute Gasteiger partial charge is 0.240 e. The van der Waals surface area contributed by atoms with Crippen LogP contribution in [0.4, 0.5) is 0 Å². The fourth-order valence-corrected chi connectivity index (χ4v) is 2.92. The molecular formula is C23H25N3O3. The average molecular weight is 391 g/mol. The van der Waals surface area contributed by atoms with Crippen LogP contribution in [0.3, 0.4) is 0 Å². The summed E-state index contributed by atoms with van der Waals surface area (Å²) in [5, 5.41) is 10.3.